The van der Waals surface area contributed by atoms with Crippen LogP contribution in [0.4, 0.5) is 5.69 Å². The third-order valence-electron chi connectivity index (χ3n) is 4.79. The van der Waals surface area contributed by atoms with Crippen LogP contribution >= 0.6 is 11.6 Å². The summed E-state index contributed by atoms with van der Waals surface area (Å²) in [4.78, 5) is 29.0. The van der Waals surface area contributed by atoms with Gasteiger partial charge in [-0.3, -0.25) is 9.59 Å². The second-order valence-corrected chi connectivity index (χ2v) is 7.27. The molecule has 0 bridgehead atoms. The second kappa shape index (κ2) is 8.43. The molecule has 0 aliphatic carbocycles. The number of ether oxygens (including phenoxy) is 1. The standard InChI is InChI=1S/C24H19ClN2O3/c1-30-18-9-5-6-15(12-18)13-21(28)27-22-19-11-10-17(25)14-20(19)26-23(22)24(29)16-7-3-2-4-8-16/h2-12,14,26H,13H2,1H3,(H,27,28). The zero-order valence-electron chi connectivity index (χ0n) is 16.2. The van der Waals surface area contributed by atoms with Gasteiger partial charge in [-0.2, -0.15) is 0 Å². The number of H-pyrrole nitrogens is 1. The van der Waals surface area contributed by atoms with E-state index in [9.17, 15) is 9.59 Å². The molecule has 0 atom stereocenters. The molecule has 1 heterocycles. The number of ketones is 1. The molecule has 4 rings (SSSR count). The Kier molecular flexibility index (Phi) is 5.55. The molecule has 3 aromatic carbocycles. The van der Waals surface area contributed by atoms with E-state index >= 15 is 0 Å². The van der Waals surface area contributed by atoms with Gasteiger partial charge in [0.2, 0.25) is 11.7 Å². The van der Waals surface area contributed by atoms with Gasteiger partial charge in [0.05, 0.1) is 19.2 Å². The number of carbonyl (C=O) groups is 2. The predicted molar refractivity (Wildman–Crippen MR) is 119 cm³/mol. The lowest BCUT2D eigenvalue weighted by Crippen LogP contribution is -2.16. The van der Waals surface area contributed by atoms with Gasteiger partial charge >= 0.3 is 0 Å². The summed E-state index contributed by atoms with van der Waals surface area (Å²) in [6.45, 7) is 0. The highest BCUT2D eigenvalue weighted by atomic mass is 35.5. The number of amides is 1. The fraction of sp³-hybridized carbons (Fsp3) is 0.0833. The molecule has 6 heteroatoms. The Hall–Kier alpha value is -3.57. The van der Waals surface area contributed by atoms with Crippen LogP contribution in [-0.2, 0) is 11.2 Å². The first-order chi connectivity index (χ1) is 14.5. The number of benzene rings is 3. The molecule has 0 spiro atoms. The molecular formula is C24H19ClN2O3. The Bertz CT molecular complexity index is 1230. The van der Waals surface area contributed by atoms with Crippen molar-refractivity contribution in [3.8, 4) is 5.75 Å². The summed E-state index contributed by atoms with van der Waals surface area (Å²) < 4.78 is 5.22. The third kappa shape index (κ3) is 4.07. The van der Waals surface area contributed by atoms with Gasteiger partial charge in [0.25, 0.3) is 0 Å². The van der Waals surface area contributed by atoms with Gasteiger partial charge in [-0.05, 0) is 35.9 Å². The molecular weight excluding hydrogens is 400 g/mol. The Morgan fingerprint density at radius 2 is 1.80 bits per heavy atom. The smallest absolute Gasteiger partial charge is 0.228 e. The first-order valence-electron chi connectivity index (χ1n) is 9.39. The summed E-state index contributed by atoms with van der Waals surface area (Å²) in [5, 5.41) is 4.17. The summed E-state index contributed by atoms with van der Waals surface area (Å²) in [5.74, 6) is 0.239. The van der Waals surface area contributed by atoms with Crippen LogP contribution in [0, 0.1) is 0 Å². The van der Waals surface area contributed by atoms with Gasteiger partial charge in [-0.1, -0.05) is 54.1 Å². The summed E-state index contributed by atoms with van der Waals surface area (Å²) >= 11 is 6.11. The molecule has 150 valence electrons. The molecule has 0 radical (unpaired) electrons. The number of hydrogen-bond acceptors (Lipinski definition) is 3. The highest BCUT2D eigenvalue weighted by Gasteiger charge is 2.21. The zero-order valence-corrected chi connectivity index (χ0v) is 17.0. The van der Waals surface area contributed by atoms with Crippen LogP contribution in [0.3, 0.4) is 0 Å². The molecule has 4 aromatic rings. The molecule has 0 unspecified atom stereocenters. The van der Waals surface area contributed by atoms with Crippen molar-refractivity contribution >= 4 is 39.9 Å². The highest BCUT2D eigenvalue weighted by molar-refractivity contribution is 6.31. The van der Waals surface area contributed by atoms with E-state index in [0.29, 0.717) is 33.2 Å². The van der Waals surface area contributed by atoms with Crippen molar-refractivity contribution in [2.45, 2.75) is 6.42 Å². The lowest BCUT2D eigenvalue weighted by Gasteiger charge is -2.08. The molecule has 0 aliphatic rings. The maximum Gasteiger partial charge on any atom is 0.228 e. The van der Waals surface area contributed by atoms with Crippen molar-refractivity contribution in [2.24, 2.45) is 0 Å². The van der Waals surface area contributed by atoms with Crippen LogP contribution in [0.1, 0.15) is 21.6 Å². The van der Waals surface area contributed by atoms with Gasteiger partial charge in [0, 0.05) is 21.5 Å². The van der Waals surface area contributed by atoms with Crippen molar-refractivity contribution in [3.05, 3.63) is 94.6 Å². The lowest BCUT2D eigenvalue weighted by molar-refractivity contribution is -0.115. The zero-order chi connectivity index (χ0) is 21.1. The molecule has 0 fully saturated rings. The van der Waals surface area contributed by atoms with Crippen LogP contribution in [0.5, 0.6) is 5.75 Å². The maximum absolute atomic E-state index is 13.1. The first-order valence-corrected chi connectivity index (χ1v) is 9.76. The topological polar surface area (TPSA) is 71.2 Å². The largest absolute Gasteiger partial charge is 0.497 e. The highest BCUT2D eigenvalue weighted by Crippen LogP contribution is 2.31. The van der Waals surface area contributed by atoms with Crippen LogP contribution in [0.15, 0.2) is 72.8 Å². The van der Waals surface area contributed by atoms with E-state index in [2.05, 4.69) is 10.3 Å². The van der Waals surface area contributed by atoms with Crippen molar-refractivity contribution in [1.29, 1.82) is 0 Å². The molecule has 0 saturated heterocycles. The van der Waals surface area contributed by atoms with Crippen LogP contribution < -0.4 is 10.1 Å². The monoisotopic (exact) mass is 418 g/mol. The number of carbonyl (C=O) groups excluding carboxylic acids is 2. The van der Waals surface area contributed by atoms with Crippen molar-refractivity contribution < 1.29 is 14.3 Å². The number of anilines is 1. The van der Waals surface area contributed by atoms with E-state index in [0.717, 1.165) is 10.9 Å². The fourth-order valence-electron chi connectivity index (χ4n) is 3.36. The molecule has 1 amide bonds. The number of aromatic nitrogens is 1. The summed E-state index contributed by atoms with van der Waals surface area (Å²) in [6, 6.07) is 21.5. The maximum atomic E-state index is 13.1. The SMILES string of the molecule is COc1cccc(CC(=O)Nc2c(C(=O)c3ccccc3)[nH]c3cc(Cl)ccc23)c1. The second-order valence-electron chi connectivity index (χ2n) is 6.84. The van der Waals surface area contributed by atoms with Crippen molar-refractivity contribution in [3.63, 3.8) is 0 Å². The van der Waals surface area contributed by atoms with Gasteiger partial charge in [-0.15, -0.1) is 0 Å². The molecule has 5 nitrogen and oxygen atoms in total. The Morgan fingerprint density at radius 3 is 2.57 bits per heavy atom. The predicted octanol–water partition coefficient (Wildman–Crippen LogP) is 5.24. The fourth-order valence-corrected chi connectivity index (χ4v) is 3.53. The number of methoxy groups -OCH3 is 1. The van der Waals surface area contributed by atoms with E-state index in [1.165, 1.54) is 0 Å². The number of halogens is 1. The Morgan fingerprint density at radius 1 is 1.00 bits per heavy atom. The van der Waals surface area contributed by atoms with Crippen molar-refractivity contribution in [1.82, 2.24) is 4.98 Å². The summed E-state index contributed by atoms with van der Waals surface area (Å²) in [7, 11) is 1.58. The van der Waals surface area contributed by atoms with E-state index in [-0.39, 0.29) is 18.1 Å². The quantitative estimate of drug-likeness (QED) is 0.420. The number of aromatic amines is 1. The Labute approximate surface area is 178 Å². The van der Waals surface area contributed by atoms with Gasteiger partial charge in [-0.25, -0.2) is 0 Å². The number of nitrogens with one attached hydrogen (secondary N) is 2. The normalized spacial score (nSPS) is 10.7. The molecule has 0 aliphatic heterocycles. The van der Waals surface area contributed by atoms with E-state index in [1.54, 1.807) is 49.6 Å². The number of fused-ring (bicyclic) bond motifs is 1. The van der Waals surface area contributed by atoms with Gasteiger partial charge < -0.3 is 15.0 Å². The number of rotatable bonds is 6. The Balaban J connectivity index is 1.69. The minimum atomic E-state index is -0.235. The lowest BCUT2D eigenvalue weighted by atomic mass is 10.1. The van der Waals surface area contributed by atoms with Crippen LogP contribution in [0.2, 0.25) is 5.02 Å². The van der Waals surface area contributed by atoms with E-state index < -0.39 is 0 Å². The van der Waals surface area contributed by atoms with Gasteiger partial charge in [0.15, 0.2) is 0 Å². The third-order valence-corrected chi connectivity index (χ3v) is 5.02. The molecule has 2 N–H and O–H groups in total. The molecule has 30 heavy (non-hydrogen) atoms. The van der Waals surface area contributed by atoms with Crippen molar-refractivity contribution in [2.75, 3.05) is 12.4 Å². The van der Waals surface area contributed by atoms with Crippen LogP contribution in [0.25, 0.3) is 10.9 Å². The average Bonchev–Trinajstić information content (AvgIpc) is 3.11. The minimum absolute atomic E-state index is 0.149. The number of hydrogen-bond donors (Lipinski definition) is 2. The van der Waals surface area contributed by atoms with E-state index in [4.69, 9.17) is 16.3 Å². The molecule has 0 saturated carbocycles. The average molecular weight is 419 g/mol. The summed E-state index contributed by atoms with van der Waals surface area (Å²) in [6.07, 6.45) is 0.149. The van der Waals surface area contributed by atoms with E-state index in [1.807, 2.05) is 30.3 Å². The first kappa shape index (κ1) is 19.7. The summed E-state index contributed by atoms with van der Waals surface area (Å²) in [5.41, 5.74) is 2.78. The van der Waals surface area contributed by atoms with Gasteiger partial charge in [0.1, 0.15) is 11.4 Å². The van der Waals surface area contributed by atoms with Crippen LogP contribution in [-0.4, -0.2) is 23.8 Å². The molecule has 1 aromatic heterocycles. The minimum Gasteiger partial charge on any atom is -0.497 e.